The molecule has 0 radical (unpaired) electrons. The Labute approximate surface area is 265 Å². The first-order valence-corrected chi connectivity index (χ1v) is 15.8. The lowest BCUT2D eigenvalue weighted by molar-refractivity contribution is 0.300. The Hall–Kier alpha value is -5.33. The average molecular weight is 609 g/mol. The second kappa shape index (κ2) is 12.3. The Morgan fingerprint density at radius 1 is 0.667 bits per heavy atom. The molecule has 2 aromatic heterocycles. The van der Waals surface area contributed by atoms with Crippen LogP contribution in [0.5, 0.6) is 11.6 Å². The molecule has 0 bridgehead atoms. The molecule has 0 aliphatic carbocycles. The van der Waals surface area contributed by atoms with Crippen molar-refractivity contribution in [2.75, 3.05) is 6.61 Å². The molecule has 0 aliphatic heterocycles. The zero-order valence-electron chi connectivity index (χ0n) is 24.6. The zero-order valence-corrected chi connectivity index (χ0v) is 25.4. The smallest absolute Gasteiger partial charge is 0.311 e. The molecule has 5 aromatic carbocycles. The van der Waals surface area contributed by atoms with Crippen LogP contribution in [-0.2, 0) is 18.5 Å². The first-order chi connectivity index (χ1) is 22.1. The Morgan fingerprint density at radius 3 is 1.82 bits per heavy atom. The molecule has 0 amide bonds. The minimum atomic E-state index is -1.07. The quantitative estimate of drug-likeness (QED) is 0.160. The van der Waals surface area contributed by atoms with Crippen molar-refractivity contribution in [2.45, 2.75) is 18.5 Å². The van der Waals surface area contributed by atoms with Gasteiger partial charge in [0, 0.05) is 18.1 Å². The molecule has 5 nitrogen and oxygen atoms in total. The van der Waals surface area contributed by atoms with E-state index in [1.807, 2.05) is 127 Å². The van der Waals surface area contributed by atoms with Crippen molar-refractivity contribution in [3.8, 4) is 11.6 Å². The van der Waals surface area contributed by atoms with E-state index in [-0.39, 0.29) is 10.8 Å². The Morgan fingerprint density at radius 2 is 1.22 bits per heavy atom. The van der Waals surface area contributed by atoms with Crippen molar-refractivity contribution < 1.29 is 9.84 Å². The number of ether oxygens (including phenoxy) is 1. The molecule has 0 unspecified atom stereocenters. The summed E-state index contributed by atoms with van der Waals surface area (Å²) in [6.07, 6.45) is 2.51. The van der Waals surface area contributed by atoms with Crippen molar-refractivity contribution in [2.24, 2.45) is 0 Å². The fourth-order valence-corrected chi connectivity index (χ4v) is 7.18. The maximum atomic E-state index is 14.0. The summed E-state index contributed by atoms with van der Waals surface area (Å²) in [5.41, 5.74) is 3.77. The second-order valence-electron chi connectivity index (χ2n) is 11.0. The molecule has 7 aromatic rings. The van der Waals surface area contributed by atoms with Crippen LogP contribution in [0.3, 0.4) is 0 Å². The fraction of sp³-hybridized carbons (Fsp3) is 0.103. The molecule has 0 saturated carbocycles. The van der Waals surface area contributed by atoms with E-state index in [2.05, 4.69) is 29.0 Å². The van der Waals surface area contributed by atoms with Gasteiger partial charge in [0.15, 0.2) is 0 Å². The van der Waals surface area contributed by atoms with Crippen LogP contribution < -0.4 is 9.61 Å². The summed E-state index contributed by atoms with van der Waals surface area (Å²) in [7, 11) is 0. The van der Waals surface area contributed by atoms with Crippen molar-refractivity contribution >= 4 is 22.2 Å². The fourth-order valence-electron chi connectivity index (χ4n) is 6.23. The number of aromatic hydroxyl groups is 1. The predicted octanol–water partition coefficient (Wildman–Crippen LogP) is 8.08. The van der Waals surface area contributed by atoms with Gasteiger partial charge < -0.3 is 14.4 Å². The number of benzene rings is 5. The normalized spacial score (nSPS) is 11.6. The lowest BCUT2D eigenvalue weighted by Crippen LogP contribution is -2.42. The molecule has 0 atom stereocenters. The number of thiazole rings is 1. The Bertz CT molecular complexity index is 1980. The highest BCUT2D eigenvalue weighted by Gasteiger charge is 2.42. The van der Waals surface area contributed by atoms with E-state index in [4.69, 9.17) is 4.74 Å². The molecule has 6 heteroatoms. The van der Waals surface area contributed by atoms with Crippen molar-refractivity contribution in [3.63, 3.8) is 0 Å². The highest BCUT2D eigenvalue weighted by atomic mass is 32.1. The number of aromatic nitrogens is 2. The van der Waals surface area contributed by atoms with Gasteiger partial charge in [-0.25, -0.2) is 0 Å². The number of nitrogens with zero attached hydrogens (tertiary/aromatic N) is 2. The first kappa shape index (κ1) is 28.4. The highest BCUT2D eigenvalue weighted by molar-refractivity contribution is 7.09. The summed E-state index contributed by atoms with van der Waals surface area (Å²) in [6, 6.07) is 48.1. The monoisotopic (exact) mass is 608 g/mol. The predicted molar refractivity (Wildman–Crippen MR) is 182 cm³/mol. The van der Waals surface area contributed by atoms with Gasteiger partial charge in [-0.05, 0) is 51.9 Å². The summed E-state index contributed by atoms with van der Waals surface area (Å²) in [5.74, 6) is 0.752. The second-order valence-corrected chi connectivity index (χ2v) is 12.0. The van der Waals surface area contributed by atoms with E-state index in [9.17, 15) is 9.90 Å². The number of para-hydroxylation sites is 1. The van der Waals surface area contributed by atoms with Crippen molar-refractivity contribution in [3.05, 3.63) is 189 Å². The Kier molecular flexibility index (Phi) is 7.80. The lowest BCUT2D eigenvalue weighted by Gasteiger charge is -2.37. The number of hydrogen-bond acceptors (Lipinski definition) is 4. The van der Waals surface area contributed by atoms with Crippen LogP contribution in [0, 0.1) is 0 Å². The van der Waals surface area contributed by atoms with Gasteiger partial charge in [0.25, 0.3) is 0 Å². The van der Waals surface area contributed by atoms with E-state index >= 15 is 0 Å². The van der Waals surface area contributed by atoms with E-state index in [0.717, 1.165) is 45.9 Å². The molecule has 45 heavy (non-hydrogen) atoms. The van der Waals surface area contributed by atoms with Gasteiger partial charge in [-0.1, -0.05) is 133 Å². The van der Waals surface area contributed by atoms with E-state index in [0.29, 0.717) is 17.9 Å². The summed E-state index contributed by atoms with van der Waals surface area (Å²) in [6.45, 7) is 1.29. The van der Waals surface area contributed by atoms with Crippen LogP contribution >= 0.6 is 11.3 Å². The third kappa shape index (κ3) is 5.34. The van der Waals surface area contributed by atoms with Crippen LogP contribution in [0.25, 0.3) is 10.9 Å². The molecule has 0 spiro atoms. The lowest BCUT2D eigenvalue weighted by atomic mass is 9.76. The third-order valence-electron chi connectivity index (χ3n) is 8.33. The SMILES string of the molecule is O=c1sc(Cc2ccc(OCCn3ccc4ccccc43)cc2)c(O)n1C(c1ccccc1)(c1ccccc1)c1ccccc1. The van der Waals surface area contributed by atoms with Crippen LogP contribution in [0.1, 0.15) is 27.1 Å². The van der Waals surface area contributed by atoms with Crippen molar-refractivity contribution in [1.29, 1.82) is 0 Å². The summed E-state index contributed by atoms with van der Waals surface area (Å²) >= 11 is 1.09. The zero-order chi connectivity index (χ0) is 30.6. The number of rotatable bonds is 10. The van der Waals surface area contributed by atoms with E-state index in [1.165, 1.54) is 10.9 Å². The van der Waals surface area contributed by atoms with Gasteiger partial charge >= 0.3 is 4.87 Å². The first-order valence-electron chi connectivity index (χ1n) is 15.0. The summed E-state index contributed by atoms with van der Waals surface area (Å²) < 4.78 is 9.81. The highest BCUT2D eigenvalue weighted by Crippen LogP contribution is 2.43. The van der Waals surface area contributed by atoms with Crippen LogP contribution in [-0.4, -0.2) is 20.8 Å². The maximum absolute atomic E-state index is 14.0. The van der Waals surface area contributed by atoms with Gasteiger partial charge in [0.05, 0.1) is 11.4 Å². The minimum absolute atomic E-state index is 0.0270. The minimum Gasteiger partial charge on any atom is -0.494 e. The largest absolute Gasteiger partial charge is 0.494 e. The van der Waals surface area contributed by atoms with Crippen molar-refractivity contribution in [1.82, 2.24) is 9.13 Å². The van der Waals surface area contributed by atoms with Crippen LogP contribution in [0.4, 0.5) is 0 Å². The standard InChI is InChI=1S/C39H32N2O3S/c42-37-36(28-29-20-22-34(23-21-29)44-27-26-40-25-24-30-12-10-11-19-35(30)40)45-38(43)41(37)39(31-13-4-1-5-14-31,32-15-6-2-7-16-32)33-17-8-3-9-18-33/h1-25,42H,26-28H2. The van der Waals surface area contributed by atoms with Gasteiger partial charge in [0.2, 0.25) is 5.88 Å². The molecule has 7 rings (SSSR count). The molecule has 0 fully saturated rings. The Balaban J connectivity index is 1.19. The molecule has 1 N–H and O–H groups in total. The van der Waals surface area contributed by atoms with Gasteiger partial charge in [-0.3, -0.25) is 9.36 Å². The van der Waals surface area contributed by atoms with Crippen LogP contribution in [0.2, 0.25) is 0 Å². The van der Waals surface area contributed by atoms with E-state index < -0.39 is 5.54 Å². The molecular formula is C39H32N2O3S. The van der Waals surface area contributed by atoms with Gasteiger partial charge in [-0.2, -0.15) is 0 Å². The topological polar surface area (TPSA) is 56.4 Å². The molecule has 222 valence electrons. The molecule has 0 saturated heterocycles. The molecule has 2 heterocycles. The van der Waals surface area contributed by atoms with Crippen LogP contribution in [0.15, 0.2) is 157 Å². The van der Waals surface area contributed by atoms with Gasteiger partial charge in [0.1, 0.15) is 17.9 Å². The summed E-state index contributed by atoms with van der Waals surface area (Å²) in [5, 5.41) is 13.1. The number of hydrogen-bond donors (Lipinski definition) is 1. The maximum Gasteiger partial charge on any atom is 0.311 e. The molecule has 0 aliphatic rings. The third-order valence-corrected chi connectivity index (χ3v) is 9.26. The van der Waals surface area contributed by atoms with E-state index in [1.54, 1.807) is 4.57 Å². The van der Waals surface area contributed by atoms with Gasteiger partial charge in [-0.15, -0.1) is 0 Å². The summed E-state index contributed by atoms with van der Waals surface area (Å²) in [4.78, 5) is 14.4. The number of fused-ring (bicyclic) bond motifs is 1. The molecular weight excluding hydrogens is 577 g/mol. The average Bonchev–Trinajstić information content (AvgIpc) is 3.63.